The molecule has 0 radical (unpaired) electrons. The van der Waals surface area contributed by atoms with Crippen LogP contribution in [-0.2, 0) is 0 Å². The summed E-state index contributed by atoms with van der Waals surface area (Å²) in [5, 5.41) is 0.529. The Morgan fingerprint density at radius 2 is 2.40 bits per heavy atom. The lowest BCUT2D eigenvalue weighted by Gasteiger charge is -2.30. The number of carbonyl (C=O) groups is 1. The van der Waals surface area contributed by atoms with Gasteiger partial charge >= 0.3 is 0 Å². The Bertz CT molecular complexity index is 363. The lowest BCUT2D eigenvalue weighted by molar-refractivity contribution is 0.0682. The van der Waals surface area contributed by atoms with Crippen molar-refractivity contribution in [3.8, 4) is 0 Å². The number of rotatable bonds is 1. The van der Waals surface area contributed by atoms with Gasteiger partial charge in [-0.15, -0.1) is 0 Å². The molecule has 0 unspecified atom stereocenters. The second-order valence-corrected chi connectivity index (χ2v) is 4.90. The molecule has 2 heterocycles. The van der Waals surface area contributed by atoms with Gasteiger partial charge in [0.1, 0.15) is 5.82 Å². The Labute approximate surface area is 93.5 Å². The van der Waals surface area contributed by atoms with Crippen molar-refractivity contribution in [1.82, 2.24) is 14.3 Å². The van der Waals surface area contributed by atoms with Crippen LogP contribution in [0.5, 0.6) is 0 Å². The van der Waals surface area contributed by atoms with E-state index in [1.54, 1.807) is 0 Å². The highest BCUT2D eigenvalue weighted by Crippen LogP contribution is 2.18. The van der Waals surface area contributed by atoms with Gasteiger partial charge in [0.25, 0.3) is 5.91 Å². The maximum atomic E-state index is 12.0. The highest BCUT2D eigenvalue weighted by atomic mass is 32.1. The van der Waals surface area contributed by atoms with Crippen LogP contribution in [0.2, 0.25) is 0 Å². The largest absolute Gasteiger partial charge is 0.336 e. The number of nitrogens with zero attached hydrogens (tertiary/aromatic N) is 3. The maximum absolute atomic E-state index is 12.0. The molecule has 4 nitrogen and oxygen atoms in total. The van der Waals surface area contributed by atoms with Gasteiger partial charge in [-0.25, -0.2) is 4.98 Å². The van der Waals surface area contributed by atoms with E-state index in [4.69, 9.17) is 0 Å². The van der Waals surface area contributed by atoms with E-state index in [2.05, 4.69) is 16.3 Å². The predicted octanol–water partition coefficient (Wildman–Crippen LogP) is 1.72. The molecule has 1 aliphatic heterocycles. The summed E-state index contributed by atoms with van der Waals surface area (Å²) in [6.45, 7) is 5.72. The first-order chi connectivity index (χ1) is 7.16. The normalized spacial score (nSPS) is 21.7. The number of hydrogen-bond donors (Lipinski definition) is 0. The molecule has 0 aromatic carbocycles. The third kappa shape index (κ3) is 2.34. The third-order valence-corrected chi connectivity index (χ3v) is 3.45. The van der Waals surface area contributed by atoms with E-state index in [1.807, 2.05) is 11.8 Å². The van der Waals surface area contributed by atoms with Crippen LogP contribution in [0.1, 0.15) is 35.4 Å². The number of carbonyl (C=O) groups excluding carboxylic acids is 1. The highest BCUT2D eigenvalue weighted by molar-refractivity contribution is 7.07. The minimum absolute atomic E-state index is 0.0483. The molecule has 1 fully saturated rings. The minimum Gasteiger partial charge on any atom is -0.336 e. The molecule has 1 aromatic rings. The molecule has 1 aromatic heterocycles. The average Bonchev–Trinajstić information content (AvgIpc) is 2.64. The quantitative estimate of drug-likeness (QED) is 0.731. The van der Waals surface area contributed by atoms with E-state index in [-0.39, 0.29) is 5.91 Å². The van der Waals surface area contributed by atoms with Gasteiger partial charge in [0.2, 0.25) is 5.01 Å². The Hall–Kier alpha value is -0.970. The topological polar surface area (TPSA) is 46.1 Å². The lowest BCUT2D eigenvalue weighted by atomic mass is 10.0. The second kappa shape index (κ2) is 4.26. The number of piperidine rings is 1. The first-order valence-corrected chi connectivity index (χ1v) is 6.03. The summed E-state index contributed by atoms with van der Waals surface area (Å²) in [7, 11) is 0. The zero-order chi connectivity index (χ0) is 10.8. The number of aryl methyl sites for hydroxylation is 1. The number of amides is 1. The summed E-state index contributed by atoms with van der Waals surface area (Å²) in [4.78, 5) is 18.0. The van der Waals surface area contributed by atoms with Crippen molar-refractivity contribution in [2.75, 3.05) is 13.1 Å². The Morgan fingerprint density at radius 1 is 1.60 bits per heavy atom. The van der Waals surface area contributed by atoms with Crippen LogP contribution in [0, 0.1) is 12.8 Å². The molecule has 15 heavy (non-hydrogen) atoms. The molecule has 1 aliphatic rings. The first-order valence-electron chi connectivity index (χ1n) is 5.26. The van der Waals surface area contributed by atoms with Gasteiger partial charge in [0.05, 0.1) is 0 Å². The van der Waals surface area contributed by atoms with Crippen molar-refractivity contribution in [1.29, 1.82) is 0 Å². The number of hydrogen-bond acceptors (Lipinski definition) is 4. The molecule has 1 amide bonds. The average molecular weight is 225 g/mol. The maximum Gasteiger partial charge on any atom is 0.284 e. The van der Waals surface area contributed by atoms with Crippen molar-refractivity contribution < 1.29 is 4.79 Å². The zero-order valence-corrected chi connectivity index (χ0v) is 9.88. The van der Waals surface area contributed by atoms with E-state index in [0.29, 0.717) is 16.7 Å². The summed E-state index contributed by atoms with van der Waals surface area (Å²) in [5.41, 5.74) is 0. The number of likely N-dealkylation sites (tertiary alicyclic amines) is 1. The Morgan fingerprint density at radius 3 is 3.00 bits per heavy atom. The molecule has 0 aliphatic carbocycles. The number of aromatic nitrogens is 2. The summed E-state index contributed by atoms with van der Waals surface area (Å²) in [5.74, 6) is 1.34. The Kier molecular flexibility index (Phi) is 3.00. The van der Waals surface area contributed by atoms with Crippen LogP contribution in [0.4, 0.5) is 0 Å². The fourth-order valence-electron chi connectivity index (χ4n) is 1.89. The van der Waals surface area contributed by atoms with Crippen LogP contribution in [0.15, 0.2) is 0 Å². The fourth-order valence-corrected chi connectivity index (χ4v) is 2.53. The van der Waals surface area contributed by atoms with Crippen LogP contribution < -0.4 is 0 Å². The minimum atomic E-state index is 0.0483. The van der Waals surface area contributed by atoms with Crippen LogP contribution in [-0.4, -0.2) is 33.3 Å². The van der Waals surface area contributed by atoms with E-state index in [0.717, 1.165) is 19.5 Å². The fraction of sp³-hybridized carbons (Fsp3) is 0.700. The van der Waals surface area contributed by atoms with E-state index >= 15 is 0 Å². The van der Waals surface area contributed by atoms with Gasteiger partial charge in [-0.3, -0.25) is 4.79 Å². The molecule has 1 saturated heterocycles. The van der Waals surface area contributed by atoms with Gasteiger partial charge in [0, 0.05) is 13.1 Å². The molecule has 1 atom stereocenters. The van der Waals surface area contributed by atoms with E-state index in [9.17, 15) is 4.79 Å². The monoisotopic (exact) mass is 225 g/mol. The van der Waals surface area contributed by atoms with Gasteiger partial charge in [0.15, 0.2) is 0 Å². The molecule has 5 heteroatoms. The smallest absolute Gasteiger partial charge is 0.284 e. The first kappa shape index (κ1) is 10.5. The van der Waals surface area contributed by atoms with Crippen molar-refractivity contribution >= 4 is 17.4 Å². The second-order valence-electron chi connectivity index (χ2n) is 4.15. The van der Waals surface area contributed by atoms with Crippen molar-refractivity contribution in [3.63, 3.8) is 0 Å². The molecule has 0 bridgehead atoms. The summed E-state index contributed by atoms with van der Waals surface area (Å²) >= 11 is 1.20. The van der Waals surface area contributed by atoms with Crippen LogP contribution in [0.25, 0.3) is 0 Å². The van der Waals surface area contributed by atoms with Crippen molar-refractivity contribution in [2.45, 2.75) is 26.7 Å². The Balaban J connectivity index is 2.07. The molecule has 2 rings (SSSR count). The molecule has 0 saturated carbocycles. The highest BCUT2D eigenvalue weighted by Gasteiger charge is 2.24. The van der Waals surface area contributed by atoms with Gasteiger partial charge in [-0.2, -0.15) is 4.37 Å². The molecular weight excluding hydrogens is 210 g/mol. The van der Waals surface area contributed by atoms with Crippen molar-refractivity contribution in [2.24, 2.45) is 5.92 Å². The molecule has 0 spiro atoms. The molecule has 0 N–H and O–H groups in total. The molecule has 82 valence electrons. The SMILES string of the molecule is Cc1nsc(C(=O)N2CCC[C@@H](C)C2)n1. The molecular formula is C10H15N3OS. The van der Waals surface area contributed by atoms with Crippen LogP contribution in [0.3, 0.4) is 0 Å². The summed E-state index contributed by atoms with van der Waals surface area (Å²) in [6.07, 6.45) is 2.32. The third-order valence-electron chi connectivity index (χ3n) is 2.65. The standard InChI is InChI=1S/C10H15N3OS/c1-7-4-3-5-13(6-7)10(14)9-11-8(2)12-15-9/h7H,3-6H2,1-2H3/t7-/m1/s1. The van der Waals surface area contributed by atoms with Crippen molar-refractivity contribution in [3.05, 3.63) is 10.8 Å². The predicted molar refractivity (Wildman–Crippen MR) is 58.9 cm³/mol. The summed E-state index contributed by atoms with van der Waals surface area (Å²) < 4.78 is 4.03. The van der Waals surface area contributed by atoms with Gasteiger partial charge in [-0.1, -0.05) is 6.92 Å². The lowest BCUT2D eigenvalue weighted by Crippen LogP contribution is -2.39. The van der Waals surface area contributed by atoms with E-state index < -0.39 is 0 Å². The van der Waals surface area contributed by atoms with E-state index in [1.165, 1.54) is 18.0 Å². The van der Waals surface area contributed by atoms with Gasteiger partial charge < -0.3 is 4.90 Å². The van der Waals surface area contributed by atoms with Crippen LogP contribution >= 0.6 is 11.5 Å². The summed E-state index contributed by atoms with van der Waals surface area (Å²) in [6, 6.07) is 0. The van der Waals surface area contributed by atoms with Gasteiger partial charge in [-0.05, 0) is 37.2 Å². The zero-order valence-electron chi connectivity index (χ0n) is 9.06.